The average molecular weight is 349 g/mol. The van der Waals surface area contributed by atoms with E-state index in [9.17, 15) is 17.6 Å². The predicted octanol–water partition coefficient (Wildman–Crippen LogP) is 3.65. The van der Waals surface area contributed by atoms with Gasteiger partial charge in [0.2, 0.25) is 0 Å². The highest BCUT2D eigenvalue weighted by Gasteiger charge is 2.36. The summed E-state index contributed by atoms with van der Waals surface area (Å²) in [5.74, 6) is -0.858. The van der Waals surface area contributed by atoms with Crippen LogP contribution >= 0.6 is 24.8 Å². The molecule has 0 amide bonds. The minimum atomic E-state index is -4.53. The molecule has 2 rings (SSSR count). The van der Waals surface area contributed by atoms with Crippen LogP contribution in [-0.2, 0) is 6.18 Å². The fourth-order valence-corrected chi connectivity index (χ4v) is 2.40. The van der Waals surface area contributed by atoms with E-state index in [4.69, 9.17) is 0 Å². The van der Waals surface area contributed by atoms with Crippen molar-refractivity contribution in [1.82, 2.24) is 10.2 Å². The number of rotatable bonds is 2. The smallest absolute Gasteiger partial charge is 0.314 e. The lowest BCUT2D eigenvalue weighted by atomic mass is 9.99. The molecule has 2 nitrogen and oxygen atoms in total. The lowest BCUT2D eigenvalue weighted by Gasteiger charge is -2.34. The number of alkyl halides is 3. The van der Waals surface area contributed by atoms with E-state index in [-0.39, 0.29) is 36.4 Å². The van der Waals surface area contributed by atoms with Crippen LogP contribution in [0.25, 0.3) is 0 Å². The molecule has 1 aromatic rings. The first-order valence-corrected chi connectivity index (χ1v) is 6.21. The minimum absolute atomic E-state index is 0. The molecular formula is C13H18Cl2F4N2. The molecule has 8 heteroatoms. The summed E-state index contributed by atoms with van der Waals surface area (Å²) in [6, 6.07) is 2.53. The highest BCUT2D eigenvalue weighted by Crippen LogP contribution is 2.36. The second-order valence-electron chi connectivity index (χ2n) is 4.69. The van der Waals surface area contributed by atoms with Crippen LogP contribution in [0.1, 0.15) is 24.1 Å². The van der Waals surface area contributed by atoms with Gasteiger partial charge in [0.1, 0.15) is 5.82 Å². The Bertz CT molecular complexity index is 448. The summed E-state index contributed by atoms with van der Waals surface area (Å²) in [5, 5.41) is 3.15. The Labute approximate surface area is 133 Å². The monoisotopic (exact) mass is 348 g/mol. The highest BCUT2D eigenvalue weighted by atomic mass is 35.5. The fraction of sp³-hybridized carbons (Fsp3) is 0.538. The van der Waals surface area contributed by atoms with Gasteiger partial charge in [0, 0.05) is 32.2 Å². The van der Waals surface area contributed by atoms with Gasteiger partial charge in [0.15, 0.2) is 0 Å². The van der Waals surface area contributed by atoms with Crippen molar-refractivity contribution in [3.05, 3.63) is 35.1 Å². The van der Waals surface area contributed by atoms with Gasteiger partial charge in [-0.3, -0.25) is 4.90 Å². The van der Waals surface area contributed by atoms with Crippen molar-refractivity contribution in [2.45, 2.75) is 19.1 Å². The molecule has 0 unspecified atom stereocenters. The number of halogens is 6. The van der Waals surface area contributed by atoms with Crippen molar-refractivity contribution in [1.29, 1.82) is 0 Å². The number of hydrogen-bond donors (Lipinski definition) is 1. The van der Waals surface area contributed by atoms with E-state index in [1.54, 1.807) is 6.92 Å². The SMILES string of the molecule is C[C@H](c1ccc(F)cc1C(F)(F)F)N1CCNCC1.Cl.Cl. The molecule has 1 aromatic carbocycles. The van der Waals surface area contributed by atoms with Crippen molar-refractivity contribution in [2.75, 3.05) is 26.2 Å². The standard InChI is InChI=1S/C13H16F4N2.2ClH/c1-9(19-6-4-18-5-7-19)11-3-2-10(14)8-12(11)13(15,16)17;;/h2-3,8-9,18H,4-7H2,1H3;2*1H/t9-;;/m1../s1. The third-order valence-corrected chi connectivity index (χ3v) is 3.47. The van der Waals surface area contributed by atoms with Crippen LogP contribution in [-0.4, -0.2) is 31.1 Å². The largest absolute Gasteiger partial charge is 0.416 e. The molecule has 0 aromatic heterocycles. The summed E-state index contributed by atoms with van der Waals surface area (Å²) < 4.78 is 51.9. The van der Waals surface area contributed by atoms with Gasteiger partial charge >= 0.3 is 6.18 Å². The van der Waals surface area contributed by atoms with E-state index >= 15 is 0 Å². The summed E-state index contributed by atoms with van der Waals surface area (Å²) in [5.41, 5.74) is -0.741. The van der Waals surface area contributed by atoms with Gasteiger partial charge in [-0.25, -0.2) is 4.39 Å². The molecule has 0 spiro atoms. The molecule has 0 saturated carbocycles. The van der Waals surface area contributed by atoms with Gasteiger partial charge in [-0.2, -0.15) is 13.2 Å². The van der Waals surface area contributed by atoms with Crippen LogP contribution in [0.2, 0.25) is 0 Å². The molecule has 1 N–H and O–H groups in total. The zero-order chi connectivity index (χ0) is 14.0. The number of piperazine rings is 1. The lowest BCUT2D eigenvalue weighted by molar-refractivity contribution is -0.139. The van der Waals surface area contributed by atoms with Crippen molar-refractivity contribution in [2.24, 2.45) is 0 Å². The Balaban J connectivity index is 0.00000200. The third-order valence-electron chi connectivity index (χ3n) is 3.47. The van der Waals surface area contributed by atoms with E-state index in [1.807, 2.05) is 4.90 Å². The summed E-state index contributed by atoms with van der Waals surface area (Å²) in [6.07, 6.45) is -4.53. The number of nitrogens with one attached hydrogen (secondary N) is 1. The van der Waals surface area contributed by atoms with E-state index in [2.05, 4.69) is 5.32 Å². The zero-order valence-corrected chi connectivity index (χ0v) is 13.0. The van der Waals surface area contributed by atoms with Gasteiger partial charge in [-0.05, 0) is 24.6 Å². The number of benzene rings is 1. The highest BCUT2D eigenvalue weighted by molar-refractivity contribution is 5.85. The number of hydrogen-bond acceptors (Lipinski definition) is 2. The van der Waals surface area contributed by atoms with Gasteiger partial charge < -0.3 is 5.32 Å². The Morgan fingerprint density at radius 3 is 2.24 bits per heavy atom. The summed E-state index contributed by atoms with van der Waals surface area (Å²) in [4.78, 5) is 1.97. The van der Waals surface area contributed by atoms with E-state index in [0.29, 0.717) is 19.2 Å². The molecule has 1 aliphatic rings. The Hall–Kier alpha value is -0.560. The molecule has 1 heterocycles. The molecule has 0 bridgehead atoms. The van der Waals surface area contributed by atoms with E-state index in [1.165, 1.54) is 6.07 Å². The van der Waals surface area contributed by atoms with Crippen molar-refractivity contribution in [3.63, 3.8) is 0 Å². The van der Waals surface area contributed by atoms with Crippen LogP contribution in [0.3, 0.4) is 0 Å². The topological polar surface area (TPSA) is 15.3 Å². The normalized spacial score (nSPS) is 17.6. The molecule has 1 aliphatic heterocycles. The van der Waals surface area contributed by atoms with E-state index in [0.717, 1.165) is 19.2 Å². The van der Waals surface area contributed by atoms with Crippen molar-refractivity contribution >= 4 is 24.8 Å². The molecule has 0 aliphatic carbocycles. The first kappa shape index (κ1) is 20.4. The van der Waals surface area contributed by atoms with Crippen LogP contribution in [0.15, 0.2) is 18.2 Å². The van der Waals surface area contributed by atoms with Crippen LogP contribution in [0.4, 0.5) is 17.6 Å². The van der Waals surface area contributed by atoms with Gasteiger partial charge in [-0.15, -0.1) is 24.8 Å². The predicted molar refractivity (Wildman–Crippen MR) is 78.8 cm³/mol. The maximum absolute atomic E-state index is 13.1. The first-order chi connectivity index (χ1) is 8.89. The maximum atomic E-state index is 13.1. The second kappa shape index (κ2) is 8.17. The zero-order valence-electron chi connectivity index (χ0n) is 11.4. The Morgan fingerprint density at radius 1 is 1.14 bits per heavy atom. The molecule has 21 heavy (non-hydrogen) atoms. The fourth-order valence-electron chi connectivity index (χ4n) is 2.40. The quantitative estimate of drug-likeness (QED) is 0.820. The van der Waals surface area contributed by atoms with Crippen molar-refractivity contribution < 1.29 is 17.6 Å². The van der Waals surface area contributed by atoms with Crippen LogP contribution in [0, 0.1) is 5.82 Å². The van der Waals surface area contributed by atoms with Crippen LogP contribution in [0.5, 0.6) is 0 Å². The van der Waals surface area contributed by atoms with Crippen LogP contribution < -0.4 is 5.32 Å². The molecule has 1 atom stereocenters. The summed E-state index contributed by atoms with van der Waals surface area (Å²) in [7, 11) is 0. The molecule has 0 radical (unpaired) electrons. The Kier molecular flexibility index (Phi) is 7.95. The molecule has 1 saturated heterocycles. The molecule has 1 fully saturated rings. The molecular weight excluding hydrogens is 331 g/mol. The average Bonchev–Trinajstić information content (AvgIpc) is 2.38. The maximum Gasteiger partial charge on any atom is 0.416 e. The summed E-state index contributed by atoms with van der Waals surface area (Å²) in [6.45, 7) is 4.62. The van der Waals surface area contributed by atoms with Gasteiger partial charge in [0.25, 0.3) is 0 Å². The van der Waals surface area contributed by atoms with Crippen molar-refractivity contribution in [3.8, 4) is 0 Å². The molecule has 122 valence electrons. The summed E-state index contributed by atoms with van der Waals surface area (Å²) >= 11 is 0. The first-order valence-electron chi connectivity index (χ1n) is 6.21. The minimum Gasteiger partial charge on any atom is -0.314 e. The lowest BCUT2D eigenvalue weighted by Crippen LogP contribution is -2.44. The number of nitrogens with zero attached hydrogens (tertiary/aromatic N) is 1. The van der Waals surface area contributed by atoms with Gasteiger partial charge in [-0.1, -0.05) is 6.07 Å². The van der Waals surface area contributed by atoms with Gasteiger partial charge in [0.05, 0.1) is 5.56 Å². The third kappa shape index (κ3) is 4.98. The second-order valence-corrected chi connectivity index (χ2v) is 4.69. The van der Waals surface area contributed by atoms with E-state index < -0.39 is 17.6 Å². The Morgan fingerprint density at radius 2 is 1.71 bits per heavy atom.